The third-order valence-corrected chi connectivity index (χ3v) is 1.87. The van der Waals surface area contributed by atoms with Gasteiger partial charge in [0.2, 0.25) is 5.69 Å². The van der Waals surface area contributed by atoms with E-state index in [9.17, 15) is 4.79 Å². The highest BCUT2D eigenvalue weighted by molar-refractivity contribution is 5.91. The molecule has 0 bridgehead atoms. The molecule has 0 amide bonds. The van der Waals surface area contributed by atoms with Crippen molar-refractivity contribution in [2.24, 2.45) is 0 Å². The van der Waals surface area contributed by atoms with Gasteiger partial charge in [0.05, 0.1) is 6.61 Å². The molecule has 16 heavy (non-hydrogen) atoms. The molecule has 0 aliphatic rings. The third kappa shape index (κ3) is 1.53. The lowest BCUT2D eigenvalue weighted by Gasteiger charge is -2.03. The fraction of sp³-hybridized carbons (Fsp3) is 0.375. The number of carbonyl (C=O) groups is 1. The molecule has 0 saturated heterocycles. The molecule has 0 radical (unpaired) electrons. The van der Waals surface area contributed by atoms with Crippen molar-refractivity contribution < 1.29 is 9.53 Å². The number of nitrogen functional groups attached to an aromatic ring is 1. The summed E-state index contributed by atoms with van der Waals surface area (Å²) in [6.07, 6.45) is 0. The van der Waals surface area contributed by atoms with Gasteiger partial charge in [0.15, 0.2) is 5.82 Å². The van der Waals surface area contributed by atoms with Crippen LogP contribution in [0.1, 0.15) is 23.2 Å². The van der Waals surface area contributed by atoms with Gasteiger partial charge >= 0.3 is 5.97 Å². The zero-order chi connectivity index (χ0) is 11.7. The molecule has 2 aromatic rings. The van der Waals surface area contributed by atoms with Gasteiger partial charge in [-0.25, -0.2) is 4.79 Å². The van der Waals surface area contributed by atoms with E-state index in [1.807, 2.05) is 0 Å². The van der Waals surface area contributed by atoms with Gasteiger partial charge in [0, 0.05) is 0 Å². The summed E-state index contributed by atoms with van der Waals surface area (Å²) in [7, 11) is 0. The highest BCUT2D eigenvalue weighted by Crippen LogP contribution is 2.10. The molecule has 2 aromatic heterocycles. The molecule has 8 heteroatoms. The summed E-state index contributed by atoms with van der Waals surface area (Å²) < 4.78 is 6.04. The van der Waals surface area contributed by atoms with Crippen LogP contribution in [0.3, 0.4) is 0 Å². The Labute approximate surface area is 90.4 Å². The molecular weight excluding hydrogens is 212 g/mol. The monoisotopic (exact) mass is 222 g/mol. The maximum absolute atomic E-state index is 11.4. The molecular formula is C8H10N6O2. The number of esters is 1. The van der Waals surface area contributed by atoms with Crippen LogP contribution in [-0.4, -0.2) is 37.4 Å². The largest absolute Gasteiger partial charge is 0.461 e. The van der Waals surface area contributed by atoms with Crippen LogP contribution in [0.5, 0.6) is 0 Å². The second-order valence-electron chi connectivity index (χ2n) is 3.03. The molecule has 2 heterocycles. The number of aromatic nitrogens is 5. The molecule has 0 unspecified atom stereocenters. The number of fused-ring (bicyclic) bond motifs is 1. The number of hydrogen-bond donors (Lipinski definition) is 1. The first kappa shape index (κ1) is 10.3. The summed E-state index contributed by atoms with van der Waals surface area (Å²) in [4.78, 5) is 15.4. The molecule has 84 valence electrons. The summed E-state index contributed by atoms with van der Waals surface area (Å²) in [5.74, 6) is 0.205. The minimum absolute atomic E-state index is 0.0562. The van der Waals surface area contributed by atoms with Crippen molar-refractivity contribution in [1.82, 2.24) is 24.8 Å². The molecule has 8 nitrogen and oxygen atoms in total. The first-order chi connectivity index (χ1) is 7.63. The van der Waals surface area contributed by atoms with Crippen molar-refractivity contribution >= 4 is 17.6 Å². The first-order valence-electron chi connectivity index (χ1n) is 4.66. The van der Waals surface area contributed by atoms with Gasteiger partial charge in [-0.1, -0.05) is 0 Å². The summed E-state index contributed by atoms with van der Waals surface area (Å²) in [6.45, 7) is 3.63. The van der Waals surface area contributed by atoms with Crippen molar-refractivity contribution in [3.05, 3.63) is 11.5 Å². The number of ether oxygens (including phenoxy) is 1. The summed E-state index contributed by atoms with van der Waals surface area (Å²) >= 11 is 0. The fourth-order valence-electron chi connectivity index (χ4n) is 1.22. The fourth-order valence-corrected chi connectivity index (χ4v) is 1.22. The minimum atomic E-state index is -0.623. The number of nitrogens with zero attached hydrogens (tertiary/aromatic N) is 5. The van der Waals surface area contributed by atoms with Crippen LogP contribution in [0.15, 0.2) is 0 Å². The van der Waals surface area contributed by atoms with E-state index in [1.165, 1.54) is 4.52 Å². The smallest absolute Gasteiger partial charge is 0.362 e. The Balaban J connectivity index is 2.55. The van der Waals surface area contributed by atoms with Crippen molar-refractivity contribution in [1.29, 1.82) is 0 Å². The van der Waals surface area contributed by atoms with Gasteiger partial charge < -0.3 is 10.5 Å². The Morgan fingerprint density at radius 1 is 1.50 bits per heavy atom. The van der Waals surface area contributed by atoms with Crippen molar-refractivity contribution in [3.63, 3.8) is 0 Å². The number of anilines is 1. The number of carbonyl (C=O) groups excluding carboxylic acids is 1. The van der Waals surface area contributed by atoms with E-state index in [2.05, 4.69) is 20.3 Å². The minimum Gasteiger partial charge on any atom is -0.461 e. The molecule has 0 aliphatic heterocycles. The topological polar surface area (TPSA) is 108 Å². The molecule has 0 spiro atoms. The molecule has 2 N–H and O–H groups in total. The number of aryl methyl sites for hydroxylation is 1. The Hall–Kier alpha value is -2.25. The molecule has 0 aromatic carbocycles. The Bertz CT molecular complexity index is 549. The molecule has 2 rings (SSSR count). The third-order valence-electron chi connectivity index (χ3n) is 1.87. The maximum Gasteiger partial charge on any atom is 0.362 e. The Morgan fingerprint density at radius 2 is 2.25 bits per heavy atom. The zero-order valence-electron chi connectivity index (χ0n) is 8.84. The zero-order valence-corrected chi connectivity index (χ0v) is 8.84. The van der Waals surface area contributed by atoms with Crippen molar-refractivity contribution in [3.8, 4) is 0 Å². The van der Waals surface area contributed by atoms with Crippen LogP contribution >= 0.6 is 0 Å². The van der Waals surface area contributed by atoms with E-state index in [0.29, 0.717) is 5.82 Å². The molecule has 0 fully saturated rings. The summed E-state index contributed by atoms with van der Waals surface area (Å²) in [5.41, 5.74) is 5.66. The second kappa shape index (κ2) is 3.72. The van der Waals surface area contributed by atoms with Crippen LogP contribution in [-0.2, 0) is 4.74 Å². The van der Waals surface area contributed by atoms with Crippen LogP contribution < -0.4 is 5.73 Å². The van der Waals surface area contributed by atoms with Gasteiger partial charge in [-0.15, -0.1) is 15.3 Å². The van der Waals surface area contributed by atoms with Crippen molar-refractivity contribution in [2.75, 3.05) is 12.3 Å². The predicted molar refractivity (Wildman–Crippen MR) is 53.7 cm³/mol. The standard InChI is InChI=1S/C8H10N6O2/c1-3-16-7(15)5-6(9)14-8(12-11-5)10-4(2)13-14/h3,9H2,1-2H3. The lowest BCUT2D eigenvalue weighted by molar-refractivity contribution is 0.0519. The van der Waals surface area contributed by atoms with Crippen LogP contribution in [0.2, 0.25) is 0 Å². The highest BCUT2D eigenvalue weighted by Gasteiger charge is 2.18. The quantitative estimate of drug-likeness (QED) is 0.687. The SMILES string of the molecule is CCOC(=O)c1nnc2nc(C)nn2c1N. The van der Waals surface area contributed by atoms with Crippen molar-refractivity contribution in [2.45, 2.75) is 13.8 Å². The van der Waals surface area contributed by atoms with Crippen LogP contribution in [0, 0.1) is 6.92 Å². The average molecular weight is 222 g/mol. The second-order valence-corrected chi connectivity index (χ2v) is 3.03. The number of rotatable bonds is 2. The van der Waals surface area contributed by atoms with E-state index < -0.39 is 5.97 Å². The molecule has 0 atom stereocenters. The van der Waals surface area contributed by atoms with Gasteiger partial charge in [0.1, 0.15) is 5.82 Å². The van der Waals surface area contributed by atoms with Gasteiger partial charge in [-0.2, -0.15) is 9.50 Å². The van der Waals surface area contributed by atoms with Crippen LogP contribution in [0.25, 0.3) is 5.78 Å². The summed E-state index contributed by atoms with van der Waals surface area (Å²) in [5, 5.41) is 11.4. The van der Waals surface area contributed by atoms with E-state index in [1.54, 1.807) is 13.8 Å². The predicted octanol–water partition coefficient (Wildman–Crippen LogP) is -0.413. The van der Waals surface area contributed by atoms with E-state index in [4.69, 9.17) is 10.5 Å². The van der Waals surface area contributed by atoms with E-state index in [0.717, 1.165) is 0 Å². The highest BCUT2D eigenvalue weighted by atomic mass is 16.5. The van der Waals surface area contributed by atoms with E-state index in [-0.39, 0.29) is 23.9 Å². The van der Waals surface area contributed by atoms with Crippen LogP contribution in [0.4, 0.5) is 5.82 Å². The Kier molecular flexibility index (Phi) is 2.39. The Morgan fingerprint density at radius 3 is 2.94 bits per heavy atom. The first-order valence-corrected chi connectivity index (χ1v) is 4.66. The number of hydrogen-bond acceptors (Lipinski definition) is 7. The molecule has 0 saturated carbocycles. The lowest BCUT2D eigenvalue weighted by atomic mass is 10.4. The normalized spacial score (nSPS) is 10.6. The number of nitrogens with two attached hydrogens (primary N) is 1. The lowest BCUT2D eigenvalue weighted by Crippen LogP contribution is -2.15. The van der Waals surface area contributed by atoms with Gasteiger partial charge in [-0.05, 0) is 13.8 Å². The van der Waals surface area contributed by atoms with Gasteiger partial charge in [-0.3, -0.25) is 0 Å². The maximum atomic E-state index is 11.4. The average Bonchev–Trinajstić information content (AvgIpc) is 2.60. The van der Waals surface area contributed by atoms with E-state index >= 15 is 0 Å². The van der Waals surface area contributed by atoms with Gasteiger partial charge in [0.25, 0.3) is 5.78 Å². The summed E-state index contributed by atoms with van der Waals surface area (Å²) in [6, 6.07) is 0. The molecule has 0 aliphatic carbocycles.